The zero-order valence-corrected chi connectivity index (χ0v) is 12.5. The van der Waals surface area contributed by atoms with Crippen molar-refractivity contribution in [2.75, 3.05) is 7.11 Å². The van der Waals surface area contributed by atoms with Crippen LogP contribution in [-0.2, 0) is 11.3 Å². The van der Waals surface area contributed by atoms with Gasteiger partial charge in [-0.1, -0.05) is 15.9 Å². The van der Waals surface area contributed by atoms with Gasteiger partial charge in [-0.15, -0.1) is 0 Å². The first-order valence-corrected chi connectivity index (χ1v) is 6.54. The van der Waals surface area contributed by atoms with Gasteiger partial charge in [0.1, 0.15) is 17.3 Å². The van der Waals surface area contributed by atoms with Crippen LogP contribution in [0.2, 0.25) is 0 Å². The maximum atomic E-state index is 11.7. The van der Waals surface area contributed by atoms with Gasteiger partial charge in [0.15, 0.2) is 0 Å². The molecule has 0 N–H and O–H groups in total. The van der Waals surface area contributed by atoms with Crippen LogP contribution < -0.4 is 4.74 Å². The first kappa shape index (κ1) is 15.0. The van der Waals surface area contributed by atoms with E-state index < -0.39 is 16.8 Å². The third kappa shape index (κ3) is 3.60. The summed E-state index contributed by atoms with van der Waals surface area (Å²) in [7, 11) is 1.50. The van der Waals surface area contributed by atoms with Gasteiger partial charge in [-0.25, -0.2) is 4.79 Å². The van der Waals surface area contributed by atoms with Crippen LogP contribution in [-0.4, -0.2) is 18.0 Å². The summed E-state index contributed by atoms with van der Waals surface area (Å²) in [5, 5.41) is 10.5. The standard InChI is InChI=1S/C13H10BrNO6/c1-19-10-3-2-9(14)6-8(10)7-20-13(16)11-4-5-12(21-11)15(17)18/h2-6H,7H2,1H3. The Labute approximate surface area is 127 Å². The van der Waals surface area contributed by atoms with E-state index in [4.69, 9.17) is 13.9 Å². The van der Waals surface area contributed by atoms with Gasteiger partial charge in [-0.05, 0) is 24.3 Å². The SMILES string of the molecule is COc1ccc(Br)cc1COC(=O)c1ccc([N+](=O)[O-])o1. The lowest BCUT2D eigenvalue weighted by Gasteiger charge is -2.09. The molecule has 1 heterocycles. The minimum absolute atomic E-state index is 0.0457. The average molecular weight is 356 g/mol. The molecule has 0 amide bonds. The molecule has 0 unspecified atom stereocenters. The van der Waals surface area contributed by atoms with Crippen molar-refractivity contribution >= 4 is 27.8 Å². The first-order valence-electron chi connectivity index (χ1n) is 5.75. The highest BCUT2D eigenvalue weighted by molar-refractivity contribution is 9.10. The molecule has 0 bridgehead atoms. The van der Waals surface area contributed by atoms with Crippen LogP contribution in [0.4, 0.5) is 5.88 Å². The topological polar surface area (TPSA) is 91.8 Å². The molecule has 21 heavy (non-hydrogen) atoms. The summed E-state index contributed by atoms with van der Waals surface area (Å²) in [6, 6.07) is 7.55. The monoisotopic (exact) mass is 355 g/mol. The minimum atomic E-state index is -0.787. The zero-order valence-electron chi connectivity index (χ0n) is 10.9. The third-order valence-electron chi connectivity index (χ3n) is 2.57. The molecule has 1 aromatic carbocycles. The van der Waals surface area contributed by atoms with E-state index in [-0.39, 0.29) is 12.4 Å². The molecule has 8 heteroatoms. The van der Waals surface area contributed by atoms with E-state index in [1.807, 2.05) is 0 Å². The second-order valence-electron chi connectivity index (χ2n) is 3.93. The highest BCUT2D eigenvalue weighted by Gasteiger charge is 2.19. The van der Waals surface area contributed by atoms with Crippen LogP contribution in [0, 0.1) is 10.1 Å². The van der Waals surface area contributed by atoms with Crippen LogP contribution in [0.3, 0.4) is 0 Å². The van der Waals surface area contributed by atoms with Gasteiger partial charge in [0.25, 0.3) is 0 Å². The molecule has 2 aromatic rings. The van der Waals surface area contributed by atoms with Gasteiger partial charge < -0.3 is 13.9 Å². The van der Waals surface area contributed by atoms with Crippen molar-refractivity contribution in [3.05, 3.63) is 56.2 Å². The second kappa shape index (κ2) is 6.40. The van der Waals surface area contributed by atoms with Crippen LogP contribution in [0.15, 0.2) is 39.2 Å². The van der Waals surface area contributed by atoms with Crippen molar-refractivity contribution in [3.63, 3.8) is 0 Å². The molecule has 7 nitrogen and oxygen atoms in total. The summed E-state index contributed by atoms with van der Waals surface area (Å²) in [5.74, 6) is -0.959. The first-order chi connectivity index (χ1) is 10.0. The van der Waals surface area contributed by atoms with E-state index in [1.54, 1.807) is 18.2 Å². The lowest BCUT2D eigenvalue weighted by molar-refractivity contribution is -0.402. The molecular formula is C13H10BrNO6. The summed E-state index contributed by atoms with van der Waals surface area (Å²) >= 11 is 3.31. The van der Waals surface area contributed by atoms with Crippen molar-refractivity contribution in [2.24, 2.45) is 0 Å². The Morgan fingerprint density at radius 3 is 2.76 bits per heavy atom. The number of benzene rings is 1. The molecular weight excluding hydrogens is 346 g/mol. The van der Waals surface area contributed by atoms with E-state index in [0.717, 1.165) is 10.5 Å². The minimum Gasteiger partial charge on any atom is -0.496 e. The number of hydrogen-bond acceptors (Lipinski definition) is 6. The second-order valence-corrected chi connectivity index (χ2v) is 4.84. The van der Waals surface area contributed by atoms with Crippen LogP contribution >= 0.6 is 15.9 Å². The maximum absolute atomic E-state index is 11.7. The Balaban J connectivity index is 2.07. The normalized spacial score (nSPS) is 10.2. The fourth-order valence-electron chi connectivity index (χ4n) is 1.61. The highest BCUT2D eigenvalue weighted by Crippen LogP contribution is 2.24. The Morgan fingerprint density at radius 1 is 1.38 bits per heavy atom. The molecule has 110 valence electrons. The van der Waals surface area contributed by atoms with Gasteiger partial charge in [-0.3, -0.25) is 10.1 Å². The largest absolute Gasteiger partial charge is 0.496 e. The van der Waals surface area contributed by atoms with E-state index in [9.17, 15) is 14.9 Å². The number of ether oxygens (including phenoxy) is 2. The predicted octanol–water partition coefficient (Wildman–Crippen LogP) is 3.32. The van der Waals surface area contributed by atoms with Crippen molar-refractivity contribution < 1.29 is 23.6 Å². The lowest BCUT2D eigenvalue weighted by Crippen LogP contribution is -2.05. The van der Waals surface area contributed by atoms with Gasteiger partial charge >= 0.3 is 11.9 Å². The van der Waals surface area contributed by atoms with E-state index in [1.165, 1.54) is 13.2 Å². The summed E-state index contributed by atoms with van der Waals surface area (Å²) in [5.41, 5.74) is 0.654. The van der Waals surface area contributed by atoms with Crippen LogP contribution in [0.5, 0.6) is 5.75 Å². The van der Waals surface area contributed by atoms with Gasteiger partial charge in [-0.2, -0.15) is 0 Å². The summed E-state index contributed by atoms with van der Waals surface area (Å²) in [4.78, 5) is 21.5. The fourth-order valence-corrected chi connectivity index (χ4v) is 2.02. The summed E-state index contributed by atoms with van der Waals surface area (Å²) < 4.78 is 15.8. The molecule has 0 atom stereocenters. The summed E-state index contributed by atoms with van der Waals surface area (Å²) in [6.07, 6.45) is 0. The lowest BCUT2D eigenvalue weighted by atomic mass is 10.2. The third-order valence-corrected chi connectivity index (χ3v) is 3.07. The van der Waals surface area contributed by atoms with Gasteiger partial charge in [0.2, 0.25) is 5.76 Å². The molecule has 0 aliphatic carbocycles. The Hall–Kier alpha value is -2.35. The quantitative estimate of drug-likeness (QED) is 0.464. The highest BCUT2D eigenvalue weighted by atomic mass is 79.9. The summed E-state index contributed by atoms with van der Waals surface area (Å²) in [6.45, 7) is -0.0457. The number of nitrogens with zero attached hydrogens (tertiary/aromatic N) is 1. The number of carbonyl (C=O) groups excluding carboxylic acids is 1. The molecule has 0 fully saturated rings. The Bertz CT molecular complexity index is 681. The average Bonchev–Trinajstić information content (AvgIpc) is 2.95. The number of methoxy groups -OCH3 is 1. The van der Waals surface area contributed by atoms with Crippen LogP contribution in [0.25, 0.3) is 0 Å². The molecule has 0 saturated heterocycles. The molecule has 1 aromatic heterocycles. The van der Waals surface area contributed by atoms with Gasteiger partial charge in [0, 0.05) is 10.0 Å². The van der Waals surface area contributed by atoms with E-state index in [2.05, 4.69) is 15.9 Å². The molecule has 0 aliphatic heterocycles. The van der Waals surface area contributed by atoms with Crippen molar-refractivity contribution in [1.29, 1.82) is 0 Å². The Morgan fingerprint density at radius 2 is 2.14 bits per heavy atom. The molecule has 0 spiro atoms. The van der Waals surface area contributed by atoms with Crippen molar-refractivity contribution in [3.8, 4) is 5.75 Å². The molecule has 0 radical (unpaired) electrons. The number of halogens is 1. The number of carbonyl (C=O) groups is 1. The maximum Gasteiger partial charge on any atom is 0.433 e. The smallest absolute Gasteiger partial charge is 0.433 e. The van der Waals surface area contributed by atoms with E-state index >= 15 is 0 Å². The van der Waals surface area contributed by atoms with Gasteiger partial charge in [0.05, 0.1) is 13.2 Å². The zero-order chi connectivity index (χ0) is 15.4. The fraction of sp³-hybridized carbons (Fsp3) is 0.154. The number of hydrogen-bond donors (Lipinski definition) is 0. The molecule has 2 rings (SSSR count). The predicted molar refractivity (Wildman–Crippen MR) is 75.2 cm³/mol. The number of rotatable bonds is 5. The van der Waals surface area contributed by atoms with Crippen molar-refractivity contribution in [2.45, 2.75) is 6.61 Å². The Kier molecular flexibility index (Phi) is 4.59. The number of esters is 1. The van der Waals surface area contributed by atoms with Crippen molar-refractivity contribution in [1.82, 2.24) is 0 Å². The van der Waals surface area contributed by atoms with E-state index in [0.29, 0.717) is 11.3 Å². The molecule has 0 aliphatic rings. The number of nitro groups is 1. The molecule has 0 saturated carbocycles. The van der Waals surface area contributed by atoms with Crippen LogP contribution in [0.1, 0.15) is 16.1 Å². The number of furan rings is 1.